The zero-order valence-corrected chi connectivity index (χ0v) is 12.9. The number of nitrogens with one attached hydrogen (secondary N) is 1. The highest BCUT2D eigenvalue weighted by Gasteiger charge is 2.05. The summed E-state index contributed by atoms with van der Waals surface area (Å²) in [6.45, 7) is 0. The Kier molecular flexibility index (Phi) is 4.67. The van der Waals surface area contributed by atoms with E-state index in [4.69, 9.17) is 9.68 Å². The van der Waals surface area contributed by atoms with E-state index in [1.54, 1.807) is 36.4 Å². The van der Waals surface area contributed by atoms with Gasteiger partial charge in [-0.3, -0.25) is 4.79 Å². The van der Waals surface area contributed by atoms with Crippen LogP contribution in [-0.4, -0.2) is 12.1 Å². The highest BCUT2D eigenvalue weighted by molar-refractivity contribution is 5.94. The topological polar surface area (TPSA) is 78.4 Å². The number of carbonyl (C=O) groups is 1. The Morgan fingerprint density at radius 1 is 1.08 bits per heavy atom. The number of rotatable bonds is 4. The molecule has 2 aromatic carbocycles. The largest absolute Gasteiger partial charge is 0.455 e. The average Bonchev–Trinajstić information content (AvgIpc) is 3.11. The number of benzene rings is 2. The van der Waals surface area contributed by atoms with E-state index in [0.717, 1.165) is 5.56 Å². The molecule has 0 unspecified atom stereocenters. The van der Waals surface area contributed by atoms with Gasteiger partial charge in [-0.25, -0.2) is 9.82 Å². The number of amides is 1. The summed E-state index contributed by atoms with van der Waals surface area (Å²) in [5.74, 6) is 0.218. The molecule has 0 saturated carbocycles. The maximum absolute atomic E-state index is 12.8. The molecule has 3 aromatic rings. The van der Waals surface area contributed by atoms with Gasteiger partial charge in [0.1, 0.15) is 17.3 Å². The van der Waals surface area contributed by atoms with Gasteiger partial charge in [-0.05, 0) is 60.7 Å². The first-order chi connectivity index (χ1) is 12.2. The number of nitrogens with zero attached hydrogens (tertiary/aromatic N) is 2. The van der Waals surface area contributed by atoms with Crippen molar-refractivity contribution in [2.45, 2.75) is 0 Å². The van der Waals surface area contributed by atoms with Crippen LogP contribution in [0.15, 0.2) is 70.2 Å². The van der Waals surface area contributed by atoms with E-state index >= 15 is 0 Å². The van der Waals surface area contributed by atoms with Crippen LogP contribution in [-0.2, 0) is 0 Å². The van der Waals surface area contributed by atoms with Crippen LogP contribution in [0.3, 0.4) is 0 Å². The minimum Gasteiger partial charge on any atom is -0.455 e. The van der Waals surface area contributed by atoms with Crippen LogP contribution in [0.2, 0.25) is 0 Å². The number of furan rings is 1. The van der Waals surface area contributed by atoms with Gasteiger partial charge in [-0.1, -0.05) is 0 Å². The summed E-state index contributed by atoms with van der Waals surface area (Å²) in [5, 5.41) is 12.6. The molecule has 3 rings (SSSR count). The molecule has 25 heavy (non-hydrogen) atoms. The molecule has 0 fully saturated rings. The fraction of sp³-hybridized carbons (Fsp3) is 0. The molecule has 1 N–H and O–H groups in total. The third-order valence-corrected chi connectivity index (χ3v) is 3.39. The van der Waals surface area contributed by atoms with Gasteiger partial charge in [0.05, 0.1) is 17.8 Å². The van der Waals surface area contributed by atoms with Crippen LogP contribution in [0.5, 0.6) is 0 Å². The Balaban J connectivity index is 1.64. The van der Waals surface area contributed by atoms with Crippen molar-refractivity contribution >= 4 is 12.1 Å². The Morgan fingerprint density at radius 2 is 1.80 bits per heavy atom. The first-order valence-electron chi connectivity index (χ1n) is 7.35. The van der Waals surface area contributed by atoms with Crippen molar-refractivity contribution in [1.29, 1.82) is 5.26 Å². The van der Waals surface area contributed by atoms with E-state index in [0.29, 0.717) is 22.6 Å². The van der Waals surface area contributed by atoms with Crippen molar-refractivity contribution in [2.75, 3.05) is 0 Å². The van der Waals surface area contributed by atoms with Crippen LogP contribution in [0.4, 0.5) is 4.39 Å². The van der Waals surface area contributed by atoms with Crippen molar-refractivity contribution in [1.82, 2.24) is 5.43 Å². The van der Waals surface area contributed by atoms with Gasteiger partial charge in [-0.15, -0.1) is 0 Å². The summed E-state index contributed by atoms with van der Waals surface area (Å²) in [6.07, 6.45) is 1.37. The summed E-state index contributed by atoms with van der Waals surface area (Å²) >= 11 is 0. The van der Waals surface area contributed by atoms with E-state index in [-0.39, 0.29) is 0 Å². The lowest BCUT2D eigenvalue weighted by Crippen LogP contribution is -2.17. The SMILES string of the molecule is N#Cc1ccc(-c2ccc(/C=N\NC(=O)c3ccc(F)cc3)o2)cc1. The minimum atomic E-state index is -0.449. The summed E-state index contributed by atoms with van der Waals surface area (Å²) in [4.78, 5) is 11.8. The van der Waals surface area contributed by atoms with Gasteiger partial charge in [0.2, 0.25) is 0 Å². The van der Waals surface area contributed by atoms with Crippen molar-refractivity contribution in [3.05, 3.63) is 83.4 Å². The van der Waals surface area contributed by atoms with Crippen LogP contribution in [0.25, 0.3) is 11.3 Å². The quantitative estimate of drug-likeness (QED) is 0.584. The normalized spacial score (nSPS) is 10.6. The van der Waals surface area contributed by atoms with Crippen molar-refractivity contribution in [2.24, 2.45) is 5.10 Å². The maximum Gasteiger partial charge on any atom is 0.271 e. The molecule has 0 spiro atoms. The van der Waals surface area contributed by atoms with Gasteiger partial charge < -0.3 is 4.42 Å². The summed E-state index contributed by atoms with van der Waals surface area (Å²) in [5.41, 5.74) is 4.04. The molecule has 0 aliphatic rings. The number of hydrogen-bond acceptors (Lipinski definition) is 4. The zero-order valence-electron chi connectivity index (χ0n) is 12.9. The van der Waals surface area contributed by atoms with Crippen molar-refractivity contribution in [3.63, 3.8) is 0 Å². The molecule has 1 aromatic heterocycles. The zero-order chi connectivity index (χ0) is 17.6. The second-order valence-corrected chi connectivity index (χ2v) is 5.10. The van der Waals surface area contributed by atoms with E-state index in [1.165, 1.54) is 30.5 Å². The van der Waals surface area contributed by atoms with Gasteiger partial charge >= 0.3 is 0 Å². The molecular weight excluding hydrogens is 321 g/mol. The van der Waals surface area contributed by atoms with Gasteiger partial charge in [0.25, 0.3) is 5.91 Å². The third-order valence-electron chi connectivity index (χ3n) is 3.39. The predicted octanol–water partition coefficient (Wildman–Crippen LogP) is 3.72. The standard InChI is InChI=1S/C19H12FN3O2/c20-16-7-5-15(6-8-16)19(24)23-22-12-17-9-10-18(25-17)14-3-1-13(11-21)2-4-14/h1-10,12H,(H,23,24)/b22-12-. The van der Waals surface area contributed by atoms with E-state index in [9.17, 15) is 9.18 Å². The van der Waals surface area contributed by atoms with Gasteiger partial charge in [0, 0.05) is 11.1 Å². The molecule has 6 heteroatoms. The lowest BCUT2D eigenvalue weighted by molar-refractivity contribution is 0.0955. The molecule has 0 radical (unpaired) electrons. The summed E-state index contributed by atoms with van der Waals surface area (Å²) < 4.78 is 18.4. The smallest absolute Gasteiger partial charge is 0.271 e. The van der Waals surface area contributed by atoms with E-state index in [1.807, 2.05) is 0 Å². The van der Waals surface area contributed by atoms with Crippen molar-refractivity contribution < 1.29 is 13.6 Å². The molecule has 0 aliphatic carbocycles. The highest BCUT2D eigenvalue weighted by atomic mass is 19.1. The number of hydrazone groups is 1. The molecule has 5 nitrogen and oxygen atoms in total. The number of hydrogen-bond donors (Lipinski definition) is 1. The van der Waals surface area contributed by atoms with Crippen LogP contribution in [0, 0.1) is 17.1 Å². The molecule has 0 aliphatic heterocycles. The number of halogens is 1. The number of nitriles is 1. The van der Waals surface area contributed by atoms with E-state index < -0.39 is 11.7 Å². The molecule has 0 bridgehead atoms. The van der Waals surface area contributed by atoms with Crippen LogP contribution >= 0.6 is 0 Å². The Labute approximate surface area is 143 Å². The Hall–Kier alpha value is -3.72. The molecule has 0 atom stereocenters. The number of carbonyl (C=O) groups excluding carboxylic acids is 1. The second kappa shape index (κ2) is 7.23. The first kappa shape index (κ1) is 16.1. The lowest BCUT2D eigenvalue weighted by atomic mass is 10.1. The molecule has 1 heterocycles. The molecule has 122 valence electrons. The van der Waals surface area contributed by atoms with Gasteiger partial charge in [0.15, 0.2) is 0 Å². The Bertz CT molecular complexity index is 952. The molecule has 0 saturated heterocycles. The van der Waals surface area contributed by atoms with Crippen LogP contribution in [0.1, 0.15) is 21.7 Å². The fourth-order valence-electron chi connectivity index (χ4n) is 2.11. The lowest BCUT2D eigenvalue weighted by Gasteiger charge is -1.99. The Morgan fingerprint density at radius 3 is 2.48 bits per heavy atom. The monoisotopic (exact) mass is 333 g/mol. The average molecular weight is 333 g/mol. The highest BCUT2D eigenvalue weighted by Crippen LogP contribution is 2.21. The molecular formula is C19H12FN3O2. The minimum absolute atomic E-state index is 0.302. The third kappa shape index (κ3) is 3.98. The summed E-state index contributed by atoms with van der Waals surface area (Å²) in [6, 6.07) is 17.7. The first-order valence-corrected chi connectivity index (χ1v) is 7.35. The second-order valence-electron chi connectivity index (χ2n) is 5.10. The van der Waals surface area contributed by atoms with Crippen LogP contribution < -0.4 is 5.43 Å². The maximum atomic E-state index is 12.8. The van der Waals surface area contributed by atoms with Crippen molar-refractivity contribution in [3.8, 4) is 17.4 Å². The van der Waals surface area contributed by atoms with Gasteiger partial charge in [-0.2, -0.15) is 10.4 Å². The predicted molar refractivity (Wildman–Crippen MR) is 90.3 cm³/mol. The fourth-order valence-corrected chi connectivity index (χ4v) is 2.11. The van der Waals surface area contributed by atoms with E-state index in [2.05, 4.69) is 16.6 Å². The molecule has 1 amide bonds. The summed E-state index contributed by atoms with van der Waals surface area (Å²) in [7, 11) is 0.